The van der Waals surface area contributed by atoms with Crippen LogP contribution in [0.1, 0.15) is 15.4 Å². The number of nitrogen functional groups attached to an aromatic ring is 1. The highest BCUT2D eigenvalue weighted by Gasteiger charge is 2.12. The summed E-state index contributed by atoms with van der Waals surface area (Å²) in [5, 5.41) is 0. The summed E-state index contributed by atoms with van der Waals surface area (Å²) >= 11 is 7.18. The summed E-state index contributed by atoms with van der Waals surface area (Å²) in [5.74, 6) is -0.0865. The molecular formula is C11H9ClN2OS. The number of nitrogens with two attached hydrogens (primary N) is 1. The SMILES string of the molecule is Nc1cccnc1C(=O)Cc1ccc(Cl)s1. The van der Waals surface area contributed by atoms with Crippen molar-refractivity contribution in [3.63, 3.8) is 0 Å². The van der Waals surface area contributed by atoms with Crippen LogP contribution in [0.3, 0.4) is 0 Å². The number of halogens is 1. The van der Waals surface area contributed by atoms with Crippen molar-refractivity contribution < 1.29 is 4.79 Å². The number of nitrogens with zero attached hydrogens (tertiary/aromatic N) is 1. The van der Waals surface area contributed by atoms with Gasteiger partial charge in [-0.2, -0.15) is 0 Å². The number of hydrogen-bond acceptors (Lipinski definition) is 4. The molecule has 16 heavy (non-hydrogen) atoms. The van der Waals surface area contributed by atoms with Crippen molar-refractivity contribution >= 4 is 34.4 Å². The number of aromatic nitrogens is 1. The van der Waals surface area contributed by atoms with E-state index >= 15 is 0 Å². The summed E-state index contributed by atoms with van der Waals surface area (Å²) in [4.78, 5) is 16.8. The molecule has 5 heteroatoms. The Morgan fingerprint density at radius 1 is 1.44 bits per heavy atom. The molecule has 82 valence electrons. The third-order valence-electron chi connectivity index (χ3n) is 2.07. The Morgan fingerprint density at radius 2 is 2.25 bits per heavy atom. The number of ketones is 1. The Bertz CT molecular complexity index is 524. The minimum atomic E-state index is -0.0865. The molecule has 0 aliphatic carbocycles. The van der Waals surface area contributed by atoms with Crippen molar-refractivity contribution in [1.82, 2.24) is 4.98 Å². The lowest BCUT2D eigenvalue weighted by Gasteiger charge is -2.01. The van der Waals surface area contributed by atoms with Crippen LogP contribution in [0, 0.1) is 0 Å². The number of carbonyl (C=O) groups is 1. The number of anilines is 1. The highest BCUT2D eigenvalue weighted by molar-refractivity contribution is 7.16. The second-order valence-electron chi connectivity index (χ2n) is 3.25. The van der Waals surface area contributed by atoms with Crippen molar-refractivity contribution in [1.29, 1.82) is 0 Å². The highest BCUT2D eigenvalue weighted by atomic mass is 35.5. The van der Waals surface area contributed by atoms with Crippen LogP contribution >= 0.6 is 22.9 Å². The first kappa shape index (κ1) is 11.1. The van der Waals surface area contributed by atoms with Crippen LogP contribution in [0.25, 0.3) is 0 Å². The minimum Gasteiger partial charge on any atom is -0.397 e. The first-order chi connectivity index (χ1) is 7.66. The quantitative estimate of drug-likeness (QED) is 0.855. The molecule has 2 aromatic heterocycles. The van der Waals surface area contributed by atoms with Crippen LogP contribution in [0.15, 0.2) is 30.5 Å². The van der Waals surface area contributed by atoms with Gasteiger partial charge in [0.05, 0.1) is 10.0 Å². The lowest BCUT2D eigenvalue weighted by Crippen LogP contribution is -2.08. The predicted molar refractivity (Wildman–Crippen MR) is 66.0 cm³/mol. The number of hydrogen-bond donors (Lipinski definition) is 1. The van der Waals surface area contributed by atoms with Gasteiger partial charge in [-0.3, -0.25) is 9.78 Å². The fourth-order valence-corrected chi connectivity index (χ4v) is 2.43. The lowest BCUT2D eigenvalue weighted by molar-refractivity contribution is 0.0990. The standard InChI is InChI=1S/C11H9ClN2OS/c12-10-4-3-7(16-10)6-9(15)11-8(13)2-1-5-14-11/h1-5H,6,13H2. The van der Waals surface area contributed by atoms with E-state index in [0.29, 0.717) is 22.1 Å². The summed E-state index contributed by atoms with van der Waals surface area (Å²) in [7, 11) is 0. The molecule has 0 aliphatic heterocycles. The number of Topliss-reactive ketones (excluding diaryl/α,β-unsaturated/α-hetero) is 1. The third-order valence-corrected chi connectivity index (χ3v) is 3.30. The van der Waals surface area contributed by atoms with Crippen LogP contribution in [0.5, 0.6) is 0 Å². The maximum absolute atomic E-state index is 11.9. The first-order valence-corrected chi connectivity index (χ1v) is 5.84. The minimum absolute atomic E-state index is 0.0865. The predicted octanol–water partition coefficient (Wildman–Crippen LogP) is 2.80. The van der Waals surface area contributed by atoms with Gasteiger partial charge in [0, 0.05) is 17.5 Å². The normalized spacial score (nSPS) is 10.3. The molecular weight excluding hydrogens is 244 g/mol. The summed E-state index contributed by atoms with van der Waals surface area (Å²) in [6, 6.07) is 6.98. The second-order valence-corrected chi connectivity index (χ2v) is 5.05. The first-order valence-electron chi connectivity index (χ1n) is 4.64. The topological polar surface area (TPSA) is 56.0 Å². The number of thiophene rings is 1. The van der Waals surface area contributed by atoms with Crippen LogP contribution in [0.4, 0.5) is 5.69 Å². The molecule has 2 heterocycles. The van der Waals surface area contributed by atoms with Gasteiger partial charge in [-0.05, 0) is 24.3 Å². The molecule has 2 aromatic rings. The van der Waals surface area contributed by atoms with Crippen molar-refractivity contribution in [3.8, 4) is 0 Å². The number of carbonyl (C=O) groups excluding carboxylic acids is 1. The summed E-state index contributed by atoms with van der Waals surface area (Å²) in [5.41, 5.74) is 6.41. The van der Waals surface area contributed by atoms with Crippen molar-refractivity contribution in [2.75, 3.05) is 5.73 Å². The summed E-state index contributed by atoms with van der Waals surface area (Å²) in [6.45, 7) is 0. The maximum atomic E-state index is 11.9. The second kappa shape index (κ2) is 4.63. The van der Waals surface area contributed by atoms with Gasteiger partial charge in [-0.1, -0.05) is 11.6 Å². The van der Waals surface area contributed by atoms with E-state index in [0.717, 1.165) is 4.88 Å². The van der Waals surface area contributed by atoms with E-state index in [2.05, 4.69) is 4.98 Å². The van der Waals surface area contributed by atoms with E-state index in [-0.39, 0.29) is 5.78 Å². The smallest absolute Gasteiger partial charge is 0.188 e. The average Bonchev–Trinajstić information content (AvgIpc) is 2.64. The fraction of sp³-hybridized carbons (Fsp3) is 0.0909. The van der Waals surface area contributed by atoms with Gasteiger partial charge in [-0.15, -0.1) is 11.3 Å². The van der Waals surface area contributed by atoms with Crippen molar-refractivity contribution in [3.05, 3.63) is 45.4 Å². The van der Waals surface area contributed by atoms with E-state index in [1.54, 1.807) is 24.4 Å². The molecule has 0 spiro atoms. The summed E-state index contributed by atoms with van der Waals surface area (Å²) < 4.78 is 0.678. The Balaban J connectivity index is 2.18. The van der Waals surface area contributed by atoms with Gasteiger partial charge in [0.1, 0.15) is 5.69 Å². The zero-order valence-electron chi connectivity index (χ0n) is 8.31. The molecule has 0 bridgehead atoms. The molecule has 3 nitrogen and oxygen atoms in total. The number of pyridine rings is 1. The van der Waals surface area contributed by atoms with E-state index in [1.165, 1.54) is 11.3 Å². The van der Waals surface area contributed by atoms with Crippen LogP contribution < -0.4 is 5.73 Å². The van der Waals surface area contributed by atoms with Crippen LogP contribution in [0.2, 0.25) is 4.34 Å². The van der Waals surface area contributed by atoms with Gasteiger partial charge in [0.2, 0.25) is 0 Å². The van der Waals surface area contributed by atoms with Gasteiger partial charge < -0.3 is 5.73 Å². The molecule has 0 aliphatic rings. The van der Waals surface area contributed by atoms with Gasteiger partial charge in [0.15, 0.2) is 5.78 Å². The van der Waals surface area contributed by atoms with E-state index in [9.17, 15) is 4.79 Å². The molecule has 0 saturated carbocycles. The van der Waals surface area contributed by atoms with Gasteiger partial charge >= 0.3 is 0 Å². The van der Waals surface area contributed by atoms with Gasteiger partial charge in [-0.25, -0.2) is 0 Å². The monoisotopic (exact) mass is 252 g/mol. The molecule has 0 atom stereocenters. The molecule has 0 amide bonds. The Hall–Kier alpha value is -1.39. The highest BCUT2D eigenvalue weighted by Crippen LogP contribution is 2.23. The molecule has 0 fully saturated rings. The number of rotatable bonds is 3. The zero-order chi connectivity index (χ0) is 11.5. The van der Waals surface area contributed by atoms with E-state index in [1.807, 2.05) is 6.07 Å². The van der Waals surface area contributed by atoms with E-state index < -0.39 is 0 Å². The maximum Gasteiger partial charge on any atom is 0.188 e. The fourth-order valence-electron chi connectivity index (χ4n) is 1.34. The molecule has 2 rings (SSSR count). The third kappa shape index (κ3) is 2.40. The lowest BCUT2D eigenvalue weighted by atomic mass is 10.1. The molecule has 0 unspecified atom stereocenters. The van der Waals surface area contributed by atoms with E-state index in [4.69, 9.17) is 17.3 Å². The molecule has 0 aromatic carbocycles. The van der Waals surface area contributed by atoms with Crippen molar-refractivity contribution in [2.24, 2.45) is 0 Å². The van der Waals surface area contributed by atoms with Gasteiger partial charge in [0.25, 0.3) is 0 Å². The summed E-state index contributed by atoms with van der Waals surface area (Å²) in [6.07, 6.45) is 1.85. The average molecular weight is 253 g/mol. The van der Waals surface area contributed by atoms with Crippen molar-refractivity contribution in [2.45, 2.75) is 6.42 Å². The Morgan fingerprint density at radius 3 is 2.88 bits per heavy atom. The molecule has 0 radical (unpaired) electrons. The Labute approximate surface area is 102 Å². The molecule has 2 N–H and O–H groups in total. The molecule has 0 saturated heterocycles. The zero-order valence-corrected chi connectivity index (χ0v) is 9.89. The Kier molecular flexibility index (Phi) is 3.22. The largest absolute Gasteiger partial charge is 0.397 e. The van der Waals surface area contributed by atoms with Crippen LogP contribution in [-0.2, 0) is 6.42 Å². The van der Waals surface area contributed by atoms with Crippen LogP contribution in [-0.4, -0.2) is 10.8 Å².